The average molecular weight is 347 g/mol. The maximum absolute atomic E-state index is 12.2. The molecule has 0 heterocycles. The van der Waals surface area contributed by atoms with E-state index in [9.17, 15) is 9.59 Å². The number of anilines is 1. The molecule has 24 heavy (non-hydrogen) atoms. The summed E-state index contributed by atoms with van der Waals surface area (Å²) in [5.41, 5.74) is 1.77. The van der Waals surface area contributed by atoms with Crippen molar-refractivity contribution in [1.29, 1.82) is 0 Å². The maximum Gasteiger partial charge on any atom is 0.235 e. The van der Waals surface area contributed by atoms with Gasteiger partial charge in [0.15, 0.2) is 0 Å². The second-order valence-electron chi connectivity index (χ2n) is 5.85. The lowest BCUT2D eigenvalue weighted by molar-refractivity contribution is -0.111. The topological polar surface area (TPSA) is 55.4 Å². The number of ketones is 2. The summed E-state index contributed by atoms with van der Waals surface area (Å²) >= 11 is 1.39. The lowest BCUT2D eigenvalue weighted by atomic mass is 9.92. The molecule has 4 nitrogen and oxygen atoms in total. The van der Waals surface area contributed by atoms with Crippen LogP contribution in [0.4, 0.5) is 5.69 Å². The fourth-order valence-corrected chi connectivity index (χ4v) is 3.16. The number of carbonyl (C=O) groups excluding carboxylic acids is 2. The van der Waals surface area contributed by atoms with Gasteiger partial charge < -0.3 is 9.46 Å². The number of Topliss-reactive ketones (excluding diaryl/α,β-unsaturated/α-hetero) is 1. The van der Waals surface area contributed by atoms with Gasteiger partial charge in [-0.2, -0.15) is 0 Å². The van der Waals surface area contributed by atoms with E-state index >= 15 is 0 Å². The van der Waals surface area contributed by atoms with Crippen LogP contribution in [0.2, 0.25) is 0 Å². The van der Waals surface area contributed by atoms with Crippen LogP contribution in [0.25, 0.3) is 5.76 Å². The summed E-state index contributed by atoms with van der Waals surface area (Å²) < 4.78 is 8.89. The number of allylic oxidation sites excluding steroid dienone is 1. The number of fused-ring (bicyclic) bond motifs is 1. The number of carbonyl (C=O) groups is 2. The fourth-order valence-electron chi connectivity index (χ4n) is 2.77. The van der Waals surface area contributed by atoms with E-state index in [1.54, 1.807) is 6.07 Å². The minimum atomic E-state index is -0.518. The highest BCUT2D eigenvalue weighted by Gasteiger charge is 2.29. The summed E-state index contributed by atoms with van der Waals surface area (Å²) in [6, 6.07) is 5.50. The van der Waals surface area contributed by atoms with E-state index in [-0.39, 0.29) is 0 Å². The monoisotopic (exact) mass is 347 g/mol. The van der Waals surface area contributed by atoms with Crippen molar-refractivity contribution >= 4 is 35.0 Å². The van der Waals surface area contributed by atoms with Crippen molar-refractivity contribution in [2.45, 2.75) is 45.4 Å². The molecule has 0 radical (unpaired) electrons. The maximum atomic E-state index is 12.2. The third kappa shape index (κ3) is 4.63. The molecule has 0 aliphatic heterocycles. The van der Waals surface area contributed by atoms with E-state index in [4.69, 9.17) is 4.74 Å². The lowest BCUT2D eigenvalue weighted by Crippen LogP contribution is -2.21. The molecule has 0 saturated carbocycles. The summed E-state index contributed by atoms with van der Waals surface area (Å²) in [5, 5.41) is 0. The SMILES string of the molecule is CCCCCCCCOC1=CC(=O)C(=O)c2c(NSC)cccc21. The van der Waals surface area contributed by atoms with Crippen molar-refractivity contribution in [3.8, 4) is 0 Å². The minimum Gasteiger partial charge on any atom is -0.493 e. The summed E-state index contributed by atoms with van der Waals surface area (Å²) in [4.78, 5) is 24.2. The molecule has 0 saturated heterocycles. The van der Waals surface area contributed by atoms with Crippen LogP contribution in [0, 0.1) is 0 Å². The van der Waals surface area contributed by atoms with E-state index in [0.29, 0.717) is 29.2 Å². The molecule has 1 N–H and O–H groups in total. The number of nitrogens with one attached hydrogen (secondary N) is 1. The molecule has 0 unspecified atom stereocenters. The molecule has 0 fully saturated rings. The van der Waals surface area contributed by atoms with Gasteiger partial charge in [0.25, 0.3) is 0 Å². The number of rotatable bonds is 10. The summed E-state index contributed by atoms with van der Waals surface area (Å²) in [6.45, 7) is 2.77. The second kappa shape index (κ2) is 9.52. The van der Waals surface area contributed by atoms with Crippen molar-refractivity contribution in [3.05, 3.63) is 35.4 Å². The van der Waals surface area contributed by atoms with Gasteiger partial charge >= 0.3 is 0 Å². The molecule has 0 atom stereocenters. The van der Waals surface area contributed by atoms with E-state index in [2.05, 4.69) is 11.6 Å². The van der Waals surface area contributed by atoms with E-state index in [1.807, 2.05) is 18.4 Å². The zero-order chi connectivity index (χ0) is 17.4. The van der Waals surface area contributed by atoms with E-state index in [0.717, 1.165) is 12.8 Å². The van der Waals surface area contributed by atoms with Crippen LogP contribution >= 0.6 is 11.9 Å². The van der Waals surface area contributed by atoms with Gasteiger partial charge in [-0.25, -0.2) is 0 Å². The molecule has 1 aromatic rings. The van der Waals surface area contributed by atoms with Crippen molar-refractivity contribution in [2.75, 3.05) is 17.6 Å². The molecule has 5 heteroatoms. The van der Waals surface area contributed by atoms with Crippen LogP contribution in [0.5, 0.6) is 0 Å². The van der Waals surface area contributed by atoms with Gasteiger partial charge in [-0.1, -0.05) is 63.1 Å². The first kappa shape index (κ1) is 18.6. The number of hydrogen-bond donors (Lipinski definition) is 1. The molecule has 0 aromatic heterocycles. The van der Waals surface area contributed by atoms with E-state index in [1.165, 1.54) is 43.7 Å². The van der Waals surface area contributed by atoms with Crippen LogP contribution in [0.1, 0.15) is 61.4 Å². The molecule has 2 rings (SSSR count). The van der Waals surface area contributed by atoms with Crippen molar-refractivity contribution in [1.82, 2.24) is 0 Å². The van der Waals surface area contributed by atoms with Crippen LogP contribution in [0.3, 0.4) is 0 Å². The Balaban J connectivity index is 2.02. The highest BCUT2D eigenvalue weighted by molar-refractivity contribution is 7.99. The first-order chi connectivity index (χ1) is 11.7. The third-order valence-electron chi connectivity index (χ3n) is 4.01. The highest BCUT2D eigenvalue weighted by atomic mass is 32.2. The molecule has 1 aromatic carbocycles. The number of benzene rings is 1. The Morgan fingerprint density at radius 2 is 1.83 bits per heavy atom. The Bertz CT molecular complexity index is 625. The van der Waals surface area contributed by atoms with E-state index < -0.39 is 11.6 Å². The Morgan fingerprint density at radius 1 is 1.08 bits per heavy atom. The van der Waals surface area contributed by atoms with Crippen molar-refractivity contribution in [3.63, 3.8) is 0 Å². The Kier molecular flexibility index (Phi) is 7.37. The average Bonchev–Trinajstić information content (AvgIpc) is 2.58. The smallest absolute Gasteiger partial charge is 0.235 e. The zero-order valence-electron chi connectivity index (χ0n) is 14.4. The van der Waals surface area contributed by atoms with Gasteiger partial charge in [-0.15, -0.1) is 0 Å². The standard InChI is InChI=1S/C19H25NO3S/c1-3-4-5-6-7-8-12-23-17-13-16(21)19(22)18-14(17)10-9-11-15(18)20-24-2/h9-11,13,20H,3-8,12H2,1-2H3. The highest BCUT2D eigenvalue weighted by Crippen LogP contribution is 2.32. The first-order valence-electron chi connectivity index (χ1n) is 8.54. The predicted molar refractivity (Wildman–Crippen MR) is 100 cm³/mol. The minimum absolute atomic E-state index is 0.414. The van der Waals surface area contributed by atoms with Crippen molar-refractivity contribution < 1.29 is 14.3 Å². The normalized spacial score (nSPS) is 13.5. The number of ether oxygens (including phenoxy) is 1. The lowest BCUT2D eigenvalue weighted by Gasteiger charge is -2.19. The Morgan fingerprint density at radius 3 is 2.58 bits per heavy atom. The Hall–Kier alpha value is -1.75. The van der Waals surface area contributed by atoms with Gasteiger partial charge in [0.05, 0.1) is 17.9 Å². The van der Waals surface area contributed by atoms with Gasteiger partial charge in [-0.3, -0.25) is 9.59 Å². The quantitative estimate of drug-likeness (QED) is 0.372. The van der Waals surface area contributed by atoms with Crippen LogP contribution < -0.4 is 4.72 Å². The molecule has 0 bridgehead atoms. The largest absolute Gasteiger partial charge is 0.493 e. The fraction of sp³-hybridized carbons (Fsp3) is 0.474. The molecule has 0 spiro atoms. The second-order valence-corrected chi connectivity index (χ2v) is 6.46. The van der Waals surface area contributed by atoms with Crippen molar-refractivity contribution in [2.24, 2.45) is 0 Å². The molecular formula is C19H25NO3S. The van der Waals surface area contributed by atoms with Gasteiger partial charge in [-0.05, 0) is 12.5 Å². The van der Waals surface area contributed by atoms with Crippen LogP contribution in [0.15, 0.2) is 24.3 Å². The predicted octanol–water partition coefficient (Wildman–Crippen LogP) is 4.86. The molecule has 1 aliphatic rings. The third-order valence-corrected chi connectivity index (χ3v) is 4.43. The van der Waals surface area contributed by atoms with Crippen LogP contribution in [-0.2, 0) is 9.53 Å². The summed E-state index contributed by atoms with van der Waals surface area (Å²) in [7, 11) is 0. The molecule has 0 amide bonds. The summed E-state index contributed by atoms with van der Waals surface area (Å²) in [6.07, 6.45) is 10.3. The van der Waals surface area contributed by atoms with Gasteiger partial charge in [0, 0.05) is 17.9 Å². The Labute approximate surface area is 148 Å². The number of unbranched alkanes of at least 4 members (excludes halogenated alkanes) is 5. The number of hydrogen-bond acceptors (Lipinski definition) is 5. The molecular weight excluding hydrogens is 322 g/mol. The van der Waals surface area contributed by atoms with Gasteiger partial charge in [0.1, 0.15) is 5.76 Å². The first-order valence-corrected chi connectivity index (χ1v) is 9.77. The molecule has 1 aliphatic carbocycles. The van der Waals surface area contributed by atoms with Gasteiger partial charge in [0.2, 0.25) is 11.6 Å². The molecule has 130 valence electrons. The summed E-state index contributed by atoms with van der Waals surface area (Å²) in [5.74, 6) is -0.488. The van der Waals surface area contributed by atoms with Crippen LogP contribution in [-0.4, -0.2) is 24.4 Å². The zero-order valence-corrected chi connectivity index (χ0v) is 15.2.